The van der Waals surface area contributed by atoms with Gasteiger partial charge in [0.05, 0.1) is 9.92 Å². The zero-order valence-electron chi connectivity index (χ0n) is 11.5. The van der Waals surface area contributed by atoms with Crippen LogP contribution in [-0.4, -0.2) is 25.5 Å². The zero-order chi connectivity index (χ0) is 17.0. The third-order valence-corrected chi connectivity index (χ3v) is 4.09. The van der Waals surface area contributed by atoms with Crippen molar-refractivity contribution in [2.45, 2.75) is 4.90 Å². The molecule has 2 aromatic carbocycles. The van der Waals surface area contributed by atoms with Gasteiger partial charge in [0.1, 0.15) is 5.75 Å². The number of nitrogens with one attached hydrogen (secondary N) is 1. The summed E-state index contributed by atoms with van der Waals surface area (Å²) in [6.07, 6.45) is 0. The second-order valence-electron chi connectivity index (χ2n) is 4.41. The summed E-state index contributed by atoms with van der Waals surface area (Å²) >= 11 is 11.7. The van der Waals surface area contributed by atoms with Gasteiger partial charge in [0.2, 0.25) is 0 Å². The van der Waals surface area contributed by atoms with E-state index in [1.807, 2.05) is 0 Å². The molecule has 0 aliphatic carbocycles. The van der Waals surface area contributed by atoms with Crippen molar-refractivity contribution >= 4 is 44.9 Å². The van der Waals surface area contributed by atoms with Gasteiger partial charge in [-0.05, 0) is 42.5 Å². The van der Waals surface area contributed by atoms with Crippen molar-refractivity contribution in [3.05, 3.63) is 52.5 Å². The summed E-state index contributed by atoms with van der Waals surface area (Å²) < 4.78 is 35.9. The molecule has 0 atom stereocenters. The first-order chi connectivity index (χ1) is 10.8. The van der Waals surface area contributed by atoms with Gasteiger partial charge in [0, 0.05) is 10.7 Å². The maximum absolute atomic E-state index is 11.8. The van der Waals surface area contributed by atoms with Gasteiger partial charge in [-0.2, -0.15) is 8.42 Å². The van der Waals surface area contributed by atoms with Gasteiger partial charge in [-0.25, -0.2) is 0 Å². The SMILES string of the molecule is O=C(COc1ccc(Cl)cc1Cl)Nc1ccc(S(=O)(=O)O)cc1. The van der Waals surface area contributed by atoms with E-state index in [4.69, 9.17) is 32.5 Å². The number of benzene rings is 2. The van der Waals surface area contributed by atoms with Gasteiger partial charge >= 0.3 is 0 Å². The lowest BCUT2D eigenvalue weighted by molar-refractivity contribution is -0.118. The predicted molar refractivity (Wildman–Crippen MR) is 86.8 cm³/mol. The van der Waals surface area contributed by atoms with Crippen LogP contribution < -0.4 is 10.1 Å². The summed E-state index contributed by atoms with van der Waals surface area (Å²) in [6.45, 7) is -0.290. The Morgan fingerprint density at radius 2 is 1.78 bits per heavy atom. The highest BCUT2D eigenvalue weighted by atomic mass is 35.5. The number of carbonyl (C=O) groups is 1. The normalized spacial score (nSPS) is 11.1. The van der Waals surface area contributed by atoms with E-state index in [0.717, 1.165) is 0 Å². The van der Waals surface area contributed by atoms with Crippen LogP contribution in [0.25, 0.3) is 0 Å². The number of halogens is 2. The van der Waals surface area contributed by atoms with Crippen molar-refractivity contribution in [3.63, 3.8) is 0 Å². The molecule has 0 heterocycles. The van der Waals surface area contributed by atoms with Crippen LogP contribution in [0, 0.1) is 0 Å². The van der Waals surface area contributed by atoms with Gasteiger partial charge in [0.15, 0.2) is 6.61 Å². The summed E-state index contributed by atoms with van der Waals surface area (Å²) in [5, 5.41) is 3.24. The number of amides is 1. The Morgan fingerprint density at radius 1 is 1.13 bits per heavy atom. The van der Waals surface area contributed by atoms with Crippen LogP contribution in [-0.2, 0) is 14.9 Å². The number of ether oxygens (including phenoxy) is 1. The van der Waals surface area contributed by atoms with Crippen molar-refractivity contribution in [2.24, 2.45) is 0 Å². The fourth-order valence-corrected chi connectivity index (χ4v) is 2.59. The minimum Gasteiger partial charge on any atom is -0.482 e. The highest BCUT2D eigenvalue weighted by molar-refractivity contribution is 7.85. The zero-order valence-corrected chi connectivity index (χ0v) is 13.8. The van der Waals surface area contributed by atoms with E-state index >= 15 is 0 Å². The molecule has 0 aliphatic rings. The quantitative estimate of drug-likeness (QED) is 0.782. The second kappa shape index (κ2) is 7.18. The molecule has 0 aromatic heterocycles. The molecule has 1 amide bonds. The molecule has 0 bridgehead atoms. The highest BCUT2D eigenvalue weighted by Crippen LogP contribution is 2.27. The third kappa shape index (κ3) is 5.11. The maximum atomic E-state index is 11.8. The van der Waals surface area contributed by atoms with Crippen LogP contribution in [0.1, 0.15) is 0 Å². The molecule has 2 rings (SSSR count). The summed E-state index contributed by atoms with van der Waals surface area (Å²) in [6, 6.07) is 9.63. The lowest BCUT2D eigenvalue weighted by atomic mass is 10.3. The summed E-state index contributed by atoms with van der Waals surface area (Å²) in [5.41, 5.74) is 0.355. The summed E-state index contributed by atoms with van der Waals surface area (Å²) in [4.78, 5) is 11.5. The Kier molecular flexibility index (Phi) is 5.48. The highest BCUT2D eigenvalue weighted by Gasteiger charge is 2.10. The largest absolute Gasteiger partial charge is 0.482 e. The maximum Gasteiger partial charge on any atom is 0.294 e. The number of hydrogen-bond donors (Lipinski definition) is 2. The van der Waals surface area contributed by atoms with Crippen molar-refractivity contribution in [3.8, 4) is 5.75 Å². The molecule has 9 heteroatoms. The molecule has 23 heavy (non-hydrogen) atoms. The smallest absolute Gasteiger partial charge is 0.294 e. The molecule has 2 N–H and O–H groups in total. The molecule has 0 radical (unpaired) electrons. The number of anilines is 1. The standard InChI is InChI=1S/C14H11Cl2NO5S/c15-9-1-6-13(12(16)7-9)22-8-14(18)17-10-2-4-11(5-3-10)23(19,20)21/h1-7H,8H2,(H,17,18)(H,19,20,21). The summed E-state index contributed by atoms with van der Waals surface area (Å²) in [5.74, 6) is -0.149. The molecule has 122 valence electrons. The molecule has 6 nitrogen and oxygen atoms in total. The van der Waals surface area contributed by atoms with E-state index in [-0.39, 0.29) is 16.5 Å². The van der Waals surface area contributed by atoms with E-state index in [9.17, 15) is 13.2 Å². The molecule has 0 unspecified atom stereocenters. The Hall–Kier alpha value is -1.80. The van der Waals surface area contributed by atoms with Gasteiger partial charge in [-0.1, -0.05) is 23.2 Å². The minimum atomic E-state index is -4.27. The monoisotopic (exact) mass is 375 g/mol. The molecule has 0 saturated carbocycles. The second-order valence-corrected chi connectivity index (χ2v) is 6.68. The van der Waals surface area contributed by atoms with E-state index in [1.165, 1.54) is 30.3 Å². The predicted octanol–water partition coefficient (Wildman–Crippen LogP) is 3.26. The van der Waals surface area contributed by atoms with Gasteiger partial charge in [0.25, 0.3) is 16.0 Å². The Bertz CT molecular complexity index is 822. The van der Waals surface area contributed by atoms with E-state index < -0.39 is 16.0 Å². The fourth-order valence-electron chi connectivity index (χ4n) is 1.64. The Balaban J connectivity index is 1.94. The minimum absolute atomic E-state index is 0.264. The van der Waals surface area contributed by atoms with Crippen LogP contribution in [0.4, 0.5) is 5.69 Å². The van der Waals surface area contributed by atoms with Crippen LogP contribution in [0.5, 0.6) is 5.75 Å². The summed E-state index contributed by atoms with van der Waals surface area (Å²) in [7, 11) is -4.27. The topological polar surface area (TPSA) is 92.7 Å². The first kappa shape index (κ1) is 17.6. The fraction of sp³-hybridized carbons (Fsp3) is 0.0714. The van der Waals surface area contributed by atoms with E-state index in [0.29, 0.717) is 16.5 Å². The molecule has 2 aromatic rings. The van der Waals surface area contributed by atoms with Gasteiger partial charge in [-0.3, -0.25) is 9.35 Å². The van der Waals surface area contributed by atoms with E-state index in [2.05, 4.69) is 5.32 Å². The van der Waals surface area contributed by atoms with Crippen LogP contribution in [0.3, 0.4) is 0 Å². The number of carbonyl (C=O) groups excluding carboxylic acids is 1. The Labute approximate surface area is 142 Å². The number of rotatable bonds is 5. The molecular weight excluding hydrogens is 365 g/mol. The number of hydrogen-bond acceptors (Lipinski definition) is 4. The lowest BCUT2D eigenvalue weighted by Gasteiger charge is -2.09. The first-order valence-electron chi connectivity index (χ1n) is 6.21. The van der Waals surface area contributed by atoms with Crippen LogP contribution >= 0.6 is 23.2 Å². The van der Waals surface area contributed by atoms with Crippen molar-refractivity contribution < 1.29 is 22.5 Å². The van der Waals surface area contributed by atoms with Crippen molar-refractivity contribution in [1.29, 1.82) is 0 Å². The molecule has 0 aliphatic heterocycles. The van der Waals surface area contributed by atoms with E-state index in [1.54, 1.807) is 12.1 Å². The lowest BCUT2D eigenvalue weighted by Crippen LogP contribution is -2.20. The first-order valence-corrected chi connectivity index (χ1v) is 8.40. The van der Waals surface area contributed by atoms with Gasteiger partial charge < -0.3 is 10.1 Å². The van der Waals surface area contributed by atoms with Crippen LogP contribution in [0.15, 0.2) is 47.4 Å². The Morgan fingerprint density at radius 3 is 2.35 bits per heavy atom. The van der Waals surface area contributed by atoms with Crippen molar-refractivity contribution in [2.75, 3.05) is 11.9 Å². The molecule has 0 saturated heterocycles. The molecule has 0 fully saturated rings. The molecular formula is C14H11Cl2NO5S. The van der Waals surface area contributed by atoms with Crippen molar-refractivity contribution in [1.82, 2.24) is 0 Å². The average molecular weight is 376 g/mol. The third-order valence-electron chi connectivity index (χ3n) is 2.69. The van der Waals surface area contributed by atoms with Gasteiger partial charge in [-0.15, -0.1) is 0 Å². The molecule has 0 spiro atoms. The van der Waals surface area contributed by atoms with Crippen LogP contribution in [0.2, 0.25) is 10.0 Å². The average Bonchev–Trinajstić information content (AvgIpc) is 2.46.